The van der Waals surface area contributed by atoms with Gasteiger partial charge < -0.3 is 9.09 Å². The largest absolute Gasteiger partial charge is 0.339 e. The zero-order valence-corrected chi connectivity index (χ0v) is 14.3. The van der Waals surface area contributed by atoms with Gasteiger partial charge in [-0.05, 0) is 18.6 Å². The van der Waals surface area contributed by atoms with Crippen molar-refractivity contribution < 1.29 is 12.9 Å². The van der Waals surface area contributed by atoms with Gasteiger partial charge in [0.25, 0.3) is 15.9 Å². The Morgan fingerprint density at radius 2 is 2.08 bits per heavy atom. The van der Waals surface area contributed by atoms with Crippen molar-refractivity contribution in [2.24, 2.45) is 7.05 Å². The van der Waals surface area contributed by atoms with Crippen LogP contribution in [0.1, 0.15) is 18.2 Å². The van der Waals surface area contributed by atoms with E-state index >= 15 is 0 Å². The monoisotopic (exact) mass is 360 g/mol. The van der Waals surface area contributed by atoms with Crippen LogP contribution in [-0.4, -0.2) is 50.5 Å². The van der Waals surface area contributed by atoms with Gasteiger partial charge in [-0.2, -0.15) is 9.29 Å². The van der Waals surface area contributed by atoms with Gasteiger partial charge >= 0.3 is 0 Å². The molecule has 0 amide bonds. The van der Waals surface area contributed by atoms with E-state index in [0.29, 0.717) is 31.2 Å². The van der Waals surface area contributed by atoms with E-state index in [1.165, 1.54) is 16.8 Å². The molecule has 1 aliphatic heterocycles. The summed E-state index contributed by atoms with van der Waals surface area (Å²) in [6.07, 6.45) is 6.91. The number of rotatable bonds is 4. The average Bonchev–Trinajstić information content (AvgIpc) is 3.35. The van der Waals surface area contributed by atoms with Crippen LogP contribution in [-0.2, 0) is 17.1 Å². The third kappa shape index (κ3) is 2.94. The maximum atomic E-state index is 12.6. The molecule has 1 saturated heterocycles. The minimum absolute atomic E-state index is 0.0567. The fraction of sp³-hybridized carbons (Fsp3) is 0.333. The SMILES string of the molecule is Cn1cnc(S(=O)(=O)N2CCC(c3noc(-c4ccncc4)n3)C2)c1. The Morgan fingerprint density at radius 1 is 1.28 bits per heavy atom. The smallest absolute Gasteiger partial charge is 0.262 e. The van der Waals surface area contributed by atoms with E-state index in [-0.39, 0.29) is 10.9 Å². The van der Waals surface area contributed by atoms with Crippen LogP contribution in [0.2, 0.25) is 0 Å². The van der Waals surface area contributed by atoms with Crippen LogP contribution in [0.15, 0.2) is 46.6 Å². The lowest BCUT2D eigenvalue weighted by Gasteiger charge is -2.13. The highest BCUT2D eigenvalue weighted by molar-refractivity contribution is 7.89. The molecule has 4 rings (SSSR count). The molecule has 3 aromatic heterocycles. The minimum Gasteiger partial charge on any atom is -0.339 e. The van der Waals surface area contributed by atoms with E-state index < -0.39 is 10.0 Å². The number of sulfonamides is 1. The molecule has 0 aliphatic carbocycles. The topological polar surface area (TPSA) is 107 Å². The van der Waals surface area contributed by atoms with Gasteiger partial charge in [0.2, 0.25) is 0 Å². The highest BCUT2D eigenvalue weighted by atomic mass is 32.2. The van der Waals surface area contributed by atoms with Gasteiger partial charge in [-0.3, -0.25) is 4.98 Å². The van der Waals surface area contributed by atoms with E-state index in [9.17, 15) is 8.42 Å². The summed E-state index contributed by atoms with van der Waals surface area (Å²) in [6.45, 7) is 0.719. The van der Waals surface area contributed by atoms with Gasteiger partial charge in [0.05, 0.1) is 6.33 Å². The summed E-state index contributed by atoms with van der Waals surface area (Å²) in [5, 5.41) is 4.08. The Morgan fingerprint density at radius 3 is 2.80 bits per heavy atom. The van der Waals surface area contributed by atoms with E-state index in [1.54, 1.807) is 36.1 Å². The van der Waals surface area contributed by atoms with Gasteiger partial charge in [0.15, 0.2) is 10.9 Å². The maximum Gasteiger partial charge on any atom is 0.262 e. The Labute approximate surface area is 144 Å². The fourth-order valence-corrected chi connectivity index (χ4v) is 4.29. The molecule has 130 valence electrons. The van der Waals surface area contributed by atoms with E-state index in [2.05, 4.69) is 20.1 Å². The van der Waals surface area contributed by atoms with Crippen molar-refractivity contribution in [3.05, 3.63) is 42.9 Å². The van der Waals surface area contributed by atoms with E-state index in [1.807, 2.05) is 0 Å². The molecule has 1 aliphatic rings. The summed E-state index contributed by atoms with van der Waals surface area (Å²) >= 11 is 0. The molecule has 4 heterocycles. The molecule has 0 saturated carbocycles. The first-order valence-corrected chi connectivity index (χ1v) is 9.20. The van der Waals surface area contributed by atoms with Crippen LogP contribution in [0.5, 0.6) is 0 Å². The number of hydrogen-bond acceptors (Lipinski definition) is 7. The Bertz CT molecular complexity index is 982. The first-order chi connectivity index (χ1) is 12.0. The lowest BCUT2D eigenvalue weighted by molar-refractivity contribution is 0.414. The van der Waals surface area contributed by atoms with Crippen LogP contribution < -0.4 is 0 Å². The number of nitrogens with zero attached hydrogens (tertiary/aromatic N) is 6. The average molecular weight is 360 g/mol. The van der Waals surface area contributed by atoms with Crippen molar-refractivity contribution in [3.8, 4) is 11.5 Å². The van der Waals surface area contributed by atoms with Crippen molar-refractivity contribution in [1.29, 1.82) is 0 Å². The molecule has 1 atom stereocenters. The summed E-state index contributed by atoms with van der Waals surface area (Å²) in [5.41, 5.74) is 0.782. The molecule has 10 heteroatoms. The quantitative estimate of drug-likeness (QED) is 0.684. The minimum atomic E-state index is -3.60. The Hall–Kier alpha value is -2.59. The number of hydrogen-bond donors (Lipinski definition) is 0. The summed E-state index contributed by atoms with van der Waals surface area (Å²) in [6, 6.07) is 3.56. The molecule has 1 fully saturated rings. The predicted octanol–water partition coefficient (Wildman–Crippen LogP) is 1.04. The Balaban J connectivity index is 1.52. The molecule has 0 bridgehead atoms. The molecular formula is C15H16N6O3S. The second kappa shape index (κ2) is 6.05. The highest BCUT2D eigenvalue weighted by Gasteiger charge is 2.36. The molecule has 0 aromatic carbocycles. The van der Waals surface area contributed by atoms with Gasteiger partial charge in [0, 0.05) is 50.2 Å². The zero-order valence-electron chi connectivity index (χ0n) is 13.5. The van der Waals surface area contributed by atoms with Gasteiger partial charge in [-0.15, -0.1) is 0 Å². The second-order valence-electron chi connectivity index (χ2n) is 5.92. The summed E-state index contributed by atoms with van der Waals surface area (Å²) in [5.74, 6) is 0.826. The number of pyridine rings is 1. The van der Waals surface area contributed by atoms with Crippen LogP contribution >= 0.6 is 0 Å². The second-order valence-corrected chi connectivity index (χ2v) is 7.80. The molecule has 0 radical (unpaired) electrons. The molecule has 9 nitrogen and oxygen atoms in total. The summed E-state index contributed by atoms with van der Waals surface area (Å²) in [4.78, 5) is 12.3. The van der Waals surface area contributed by atoms with Crippen LogP contribution in [0.25, 0.3) is 11.5 Å². The van der Waals surface area contributed by atoms with Crippen molar-refractivity contribution in [1.82, 2.24) is 29.0 Å². The molecule has 0 N–H and O–H groups in total. The summed E-state index contributed by atoms with van der Waals surface area (Å²) in [7, 11) is -1.86. The molecule has 25 heavy (non-hydrogen) atoms. The highest BCUT2D eigenvalue weighted by Crippen LogP contribution is 2.30. The van der Waals surface area contributed by atoms with Crippen LogP contribution in [0.4, 0.5) is 0 Å². The molecule has 1 unspecified atom stereocenters. The molecule has 3 aromatic rings. The normalized spacial score (nSPS) is 18.7. The molecule has 0 spiro atoms. The lowest BCUT2D eigenvalue weighted by atomic mass is 10.1. The number of imidazole rings is 1. The lowest BCUT2D eigenvalue weighted by Crippen LogP contribution is -2.29. The van der Waals surface area contributed by atoms with Crippen molar-refractivity contribution in [3.63, 3.8) is 0 Å². The predicted molar refractivity (Wildman–Crippen MR) is 86.9 cm³/mol. The van der Waals surface area contributed by atoms with E-state index in [4.69, 9.17) is 4.52 Å². The number of aromatic nitrogens is 5. The summed E-state index contributed by atoms with van der Waals surface area (Å²) < 4.78 is 33.6. The van der Waals surface area contributed by atoms with Crippen LogP contribution in [0.3, 0.4) is 0 Å². The molecular weight excluding hydrogens is 344 g/mol. The zero-order chi connectivity index (χ0) is 17.4. The number of aryl methyl sites for hydroxylation is 1. The van der Waals surface area contributed by atoms with Crippen molar-refractivity contribution in [2.45, 2.75) is 17.4 Å². The van der Waals surface area contributed by atoms with Gasteiger partial charge in [0.1, 0.15) is 0 Å². The van der Waals surface area contributed by atoms with E-state index in [0.717, 1.165) is 5.56 Å². The first kappa shape index (κ1) is 15.9. The fourth-order valence-electron chi connectivity index (χ4n) is 2.82. The Kier molecular flexibility index (Phi) is 3.85. The maximum absolute atomic E-state index is 12.6. The third-order valence-corrected chi connectivity index (χ3v) is 5.92. The standard InChI is InChI=1S/C15H16N6O3S/c1-20-9-13(17-10-20)25(22,23)21-7-4-12(8-21)14-18-15(24-19-14)11-2-5-16-6-3-11/h2-3,5-6,9-10,12H,4,7-8H2,1H3. The van der Waals surface area contributed by atoms with Gasteiger partial charge in [-0.1, -0.05) is 5.16 Å². The van der Waals surface area contributed by atoms with Gasteiger partial charge in [-0.25, -0.2) is 13.4 Å². The van der Waals surface area contributed by atoms with Crippen LogP contribution in [0, 0.1) is 0 Å². The third-order valence-electron chi connectivity index (χ3n) is 4.17. The van der Waals surface area contributed by atoms with Crippen molar-refractivity contribution in [2.75, 3.05) is 13.1 Å². The van der Waals surface area contributed by atoms with Crippen molar-refractivity contribution >= 4 is 10.0 Å². The first-order valence-electron chi connectivity index (χ1n) is 7.76.